The third-order valence-corrected chi connectivity index (χ3v) is 3.50. The molecule has 2 atom stereocenters. The quantitative estimate of drug-likeness (QED) is 0.824. The van der Waals surface area contributed by atoms with Gasteiger partial charge in [-0.25, -0.2) is 0 Å². The molecule has 0 N–H and O–H groups in total. The number of likely N-dealkylation sites (N-methyl/N-ethyl adjacent to an activating group) is 1. The summed E-state index contributed by atoms with van der Waals surface area (Å²) < 4.78 is 37.2. The number of hydrogen-bond acceptors (Lipinski definition) is 4. The summed E-state index contributed by atoms with van der Waals surface area (Å²) in [5.74, 6) is 0.947. The predicted octanol–water partition coefficient (Wildman–Crippen LogP) is 1.88. The number of nitrogens with zero attached hydrogens (tertiary/aromatic N) is 4. The molecule has 1 fully saturated rings. The number of hydrogen-bond donors (Lipinski definition) is 0. The molecule has 0 aliphatic carbocycles. The fraction of sp³-hybridized carbons (Fsp3) is 0.667. The third-order valence-electron chi connectivity index (χ3n) is 3.50. The van der Waals surface area contributed by atoms with Crippen molar-refractivity contribution in [2.45, 2.75) is 19.1 Å². The zero-order valence-electron chi connectivity index (χ0n) is 11.1. The minimum atomic E-state index is -4.43. The fourth-order valence-electron chi connectivity index (χ4n) is 2.45. The zero-order valence-corrected chi connectivity index (χ0v) is 11.1. The summed E-state index contributed by atoms with van der Waals surface area (Å²) in [5, 5.41) is 6.95. The van der Waals surface area contributed by atoms with Gasteiger partial charge in [-0.2, -0.15) is 13.2 Å². The number of rotatable bonds is 2. The second kappa shape index (κ2) is 4.96. The maximum Gasteiger partial charge on any atom is 0.435 e. The molecule has 0 bridgehead atoms. The van der Waals surface area contributed by atoms with Gasteiger partial charge < -0.3 is 9.80 Å². The molecule has 7 heteroatoms. The Balaban J connectivity index is 2.12. The molecule has 2 heterocycles. The van der Waals surface area contributed by atoms with Gasteiger partial charge in [0.15, 0.2) is 11.5 Å². The topological polar surface area (TPSA) is 32.3 Å². The highest BCUT2D eigenvalue weighted by Crippen LogP contribution is 2.29. The maximum absolute atomic E-state index is 12.4. The summed E-state index contributed by atoms with van der Waals surface area (Å²) in [4.78, 5) is 4.10. The minimum Gasteiger partial charge on any atom is -0.353 e. The van der Waals surface area contributed by atoms with Gasteiger partial charge in [0.25, 0.3) is 0 Å². The molecule has 0 amide bonds. The molecule has 1 aliphatic rings. The van der Waals surface area contributed by atoms with Gasteiger partial charge >= 0.3 is 6.18 Å². The van der Waals surface area contributed by atoms with Crippen LogP contribution in [0.5, 0.6) is 0 Å². The van der Waals surface area contributed by atoms with Crippen molar-refractivity contribution in [3.63, 3.8) is 0 Å². The Labute approximate surface area is 110 Å². The Bertz CT molecular complexity index is 430. The number of anilines is 1. The molecule has 0 spiro atoms. The van der Waals surface area contributed by atoms with Crippen molar-refractivity contribution in [2.75, 3.05) is 32.1 Å². The number of halogens is 3. The molecule has 19 heavy (non-hydrogen) atoms. The summed E-state index contributed by atoms with van der Waals surface area (Å²) in [6.45, 7) is 3.67. The van der Waals surface area contributed by atoms with Crippen molar-refractivity contribution in [1.29, 1.82) is 0 Å². The van der Waals surface area contributed by atoms with Crippen LogP contribution in [0, 0.1) is 5.92 Å². The smallest absolute Gasteiger partial charge is 0.353 e. The van der Waals surface area contributed by atoms with Gasteiger partial charge in [-0.15, -0.1) is 10.2 Å². The second-order valence-electron chi connectivity index (χ2n) is 5.19. The van der Waals surface area contributed by atoms with Crippen LogP contribution >= 0.6 is 0 Å². The van der Waals surface area contributed by atoms with Crippen molar-refractivity contribution in [1.82, 2.24) is 15.1 Å². The molecule has 1 saturated heterocycles. The average molecular weight is 274 g/mol. The Morgan fingerprint density at radius 2 is 1.89 bits per heavy atom. The lowest BCUT2D eigenvalue weighted by Crippen LogP contribution is -2.34. The van der Waals surface area contributed by atoms with E-state index < -0.39 is 11.9 Å². The zero-order chi connectivity index (χ0) is 14.2. The molecule has 0 radical (unpaired) electrons. The van der Waals surface area contributed by atoms with E-state index in [1.807, 2.05) is 19.0 Å². The lowest BCUT2D eigenvalue weighted by Gasteiger charge is -2.22. The first kappa shape index (κ1) is 14.0. The predicted molar refractivity (Wildman–Crippen MR) is 65.9 cm³/mol. The van der Waals surface area contributed by atoms with Crippen LogP contribution in [0.2, 0.25) is 0 Å². The monoisotopic (exact) mass is 274 g/mol. The number of alkyl halides is 3. The first-order chi connectivity index (χ1) is 8.79. The van der Waals surface area contributed by atoms with Crippen LogP contribution in [0.15, 0.2) is 12.1 Å². The Kier molecular flexibility index (Phi) is 3.66. The lowest BCUT2D eigenvalue weighted by molar-refractivity contribution is -0.141. The Morgan fingerprint density at radius 3 is 2.32 bits per heavy atom. The first-order valence-corrected chi connectivity index (χ1v) is 6.11. The normalized spacial score (nSPS) is 24.3. The van der Waals surface area contributed by atoms with Gasteiger partial charge in [0.05, 0.1) is 0 Å². The SMILES string of the molecule is CC1CN(c2ccc(C(F)(F)F)nn2)CC1N(C)C. The van der Waals surface area contributed by atoms with Gasteiger partial charge in [-0.3, -0.25) is 0 Å². The summed E-state index contributed by atoms with van der Waals surface area (Å²) >= 11 is 0. The molecule has 2 rings (SSSR count). The third kappa shape index (κ3) is 2.97. The second-order valence-corrected chi connectivity index (χ2v) is 5.19. The highest BCUT2D eigenvalue weighted by Gasteiger charge is 2.35. The van der Waals surface area contributed by atoms with Crippen LogP contribution < -0.4 is 4.90 Å². The van der Waals surface area contributed by atoms with Crippen LogP contribution in [0.3, 0.4) is 0 Å². The highest BCUT2D eigenvalue weighted by molar-refractivity contribution is 5.39. The van der Waals surface area contributed by atoms with E-state index in [0.717, 1.165) is 19.2 Å². The van der Waals surface area contributed by atoms with E-state index in [1.54, 1.807) is 0 Å². The Morgan fingerprint density at radius 1 is 1.21 bits per heavy atom. The molecular formula is C12H17F3N4. The Hall–Kier alpha value is -1.37. The summed E-state index contributed by atoms with van der Waals surface area (Å²) in [7, 11) is 4.01. The fourth-order valence-corrected chi connectivity index (χ4v) is 2.45. The van der Waals surface area contributed by atoms with Crippen LogP contribution in [-0.2, 0) is 6.18 Å². The van der Waals surface area contributed by atoms with E-state index in [-0.39, 0.29) is 0 Å². The molecular weight excluding hydrogens is 257 g/mol. The molecule has 0 aromatic carbocycles. The van der Waals surface area contributed by atoms with Gasteiger partial charge in [0, 0.05) is 19.1 Å². The molecule has 1 aromatic heterocycles. The van der Waals surface area contributed by atoms with Crippen molar-refractivity contribution in [3.05, 3.63) is 17.8 Å². The number of aromatic nitrogens is 2. The van der Waals surface area contributed by atoms with Gasteiger partial charge in [-0.1, -0.05) is 6.92 Å². The molecule has 106 valence electrons. The van der Waals surface area contributed by atoms with E-state index in [4.69, 9.17) is 0 Å². The minimum absolute atomic E-state index is 0.379. The largest absolute Gasteiger partial charge is 0.435 e. The average Bonchev–Trinajstić information content (AvgIpc) is 2.70. The van der Waals surface area contributed by atoms with Crippen LogP contribution in [-0.4, -0.2) is 48.3 Å². The molecule has 4 nitrogen and oxygen atoms in total. The van der Waals surface area contributed by atoms with E-state index in [0.29, 0.717) is 17.8 Å². The van der Waals surface area contributed by atoms with Crippen molar-refractivity contribution < 1.29 is 13.2 Å². The van der Waals surface area contributed by atoms with Gasteiger partial charge in [-0.05, 0) is 32.1 Å². The maximum atomic E-state index is 12.4. The summed E-state index contributed by atoms with van der Waals surface area (Å²) in [5.41, 5.74) is -0.951. The van der Waals surface area contributed by atoms with E-state index >= 15 is 0 Å². The van der Waals surface area contributed by atoms with Gasteiger partial charge in [0.2, 0.25) is 0 Å². The van der Waals surface area contributed by atoms with Crippen molar-refractivity contribution in [3.8, 4) is 0 Å². The summed E-state index contributed by atoms with van der Waals surface area (Å²) in [6, 6.07) is 2.75. The molecule has 2 unspecified atom stereocenters. The molecule has 0 saturated carbocycles. The van der Waals surface area contributed by atoms with Gasteiger partial charge in [0.1, 0.15) is 0 Å². The van der Waals surface area contributed by atoms with Crippen molar-refractivity contribution >= 4 is 5.82 Å². The first-order valence-electron chi connectivity index (χ1n) is 6.11. The standard InChI is InChI=1S/C12H17F3N4/c1-8-6-19(7-9(8)18(2)3)11-5-4-10(16-17-11)12(13,14)15/h4-5,8-9H,6-7H2,1-3H3. The molecule has 1 aliphatic heterocycles. The lowest BCUT2D eigenvalue weighted by atomic mass is 10.1. The highest BCUT2D eigenvalue weighted by atomic mass is 19.4. The van der Waals surface area contributed by atoms with E-state index in [9.17, 15) is 13.2 Å². The summed E-state index contributed by atoms with van der Waals surface area (Å²) in [6.07, 6.45) is -4.43. The van der Waals surface area contributed by atoms with E-state index in [1.165, 1.54) is 6.07 Å². The van der Waals surface area contributed by atoms with Crippen molar-refractivity contribution in [2.24, 2.45) is 5.92 Å². The molecule has 1 aromatic rings. The van der Waals surface area contributed by atoms with Crippen LogP contribution in [0.1, 0.15) is 12.6 Å². The van der Waals surface area contributed by atoms with E-state index in [2.05, 4.69) is 22.0 Å². The van der Waals surface area contributed by atoms with Crippen LogP contribution in [0.4, 0.5) is 19.0 Å². The van der Waals surface area contributed by atoms with Crippen LogP contribution in [0.25, 0.3) is 0 Å².